The lowest BCUT2D eigenvalue weighted by Gasteiger charge is -2.20. The van der Waals surface area contributed by atoms with Gasteiger partial charge in [0.05, 0.1) is 19.0 Å². The molecule has 3 rings (SSSR count). The molecule has 1 heterocycles. The maximum atomic E-state index is 13.3. The molecule has 0 spiro atoms. The van der Waals surface area contributed by atoms with Crippen LogP contribution in [-0.2, 0) is 17.8 Å². The Kier molecular flexibility index (Phi) is 9.74. The molecule has 3 aromatic rings. The van der Waals surface area contributed by atoms with Gasteiger partial charge in [-0.3, -0.25) is 9.59 Å². The van der Waals surface area contributed by atoms with E-state index in [1.807, 2.05) is 25.1 Å². The Morgan fingerprint density at radius 2 is 1.76 bits per heavy atom. The van der Waals surface area contributed by atoms with Crippen molar-refractivity contribution >= 4 is 29.3 Å². The van der Waals surface area contributed by atoms with Gasteiger partial charge < -0.3 is 25.4 Å². The third-order valence-electron chi connectivity index (χ3n) is 6.08. The Hall–Kier alpha value is -3.78. The number of unbranched alkanes of at least 4 members (excludes halogenated alkanes) is 2. The van der Waals surface area contributed by atoms with Crippen LogP contribution in [0.4, 0.5) is 10.5 Å². The molecule has 0 aliphatic carbocycles. The number of benzene rings is 2. The van der Waals surface area contributed by atoms with Crippen LogP contribution in [0.3, 0.4) is 0 Å². The van der Waals surface area contributed by atoms with Crippen molar-refractivity contribution < 1.29 is 19.8 Å². The molecule has 37 heavy (non-hydrogen) atoms. The summed E-state index contributed by atoms with van der Waals surface area (Å²) < 4.78 is 1.41. The van der Waals surface area contributed by atoms with Crippen molar-refractivity contribution in [3.63, 3.8) is 0 Å². The number of carbonyl (C=O) groups is 2. The summed E-state index contributed by atoms with van der Waals surface area (Å²) in [6.07, 6.45) is 4.49. The van der Waals surface area contributed by atoms with Gasteiger partial charge in [-0.2, -0.15) is 0 Å². The quantitative estimate of drug-likeness (QED) is 0.242. The van der Waals surface area contributed by atoms with Crippen LogP contribution in [0.15, 0.2) is 59.5 Å². The van der Waals surface area contributed by atoms with E-state index in [2.05, 4.69) is 17.6 Å². The van der Waals surface area contributed by atoms with Gasteiger partial charge in [-0.1, -0.05) is 79.4 Å². The smallest absolute Gasteiger partial charge is 0.319 e. The molecule has 4 N–H and O–H groups in total. The lowest BCUT2D eigenvalue weighted by molar-refractivity contribution is -0.137. The van der Waals surface area contributed by atoms with Crippen LogP contribution in [0.25, 0.3) is 0 Å². The average molecular weight is 526 g/mol. The molecule has 2 aromatic carbocycles. The zero-order chi connectivity index (χ0) is 26.9. The second-order valence-electron chi connectivity index (χ2n) is 9.02. The normalized spacial score (nSPS) is 11.6. The molecule has 2 amide bonds. The number of anilines is 1. The number of nitrogens with zero attached hydrogens (tertiary/aromatic N) is 1. The van der Waals surface area contributed by atoms with Crippen molar-refractivity contribution in [2.24, 2.45) is 0 Å². The van der Waals surface area contributed by atoms with Gasteiger partial charge in [0.25, 0.3) is 5.56 Å². The first-order chi connectivity index (χ1) is 17.7. The number of hydrogen-bond acceptors (Lipinski definition) is 4. The van der Waals surface area contributed by atoms with E-state index in [0.717, 1.165) is 24.8 Å². The number of urea groups is 1. The Bertz CT molecular complexity index is 1300. The zero-order valence-corrected chi connectivity index (χ0v) is 21.7. The van der Waals surface area contributed by atoms with Crippen molar-refractivity contribution in [1.82, 2.24) is 9.88 Å². The molecule has 0 unspecified atom stereocenters. The zero-order valence-electron chi connectivity index (χ0n) is 21.0. The minimum atomic E-state index is -1.09. The van der Waals surface area contributed by atoms with Crippen LogP contribution in [0.5, 0.6) is 5.75 Å². The van der Waals surface area contributed by atoms with Crippen LogP contribution in [0.1, 0.15) is 60.9 Å². The van der Waals surface area contributed by atoms with Crippen molar-refractivity contribution in [3.05, 3.63) is 92.4 Å². The van der Waals surface area contributed by atoms with Crippen LogP contribution in [0, 0.1) is 6.92 Å². The van der Waals surface area contributed by atoms with E-state index in [1.165, 1.54) is 4.57 Å². The summed E-state index contributed by atoms with van der Waals surface area (Å²) in [6, 6.07) is 12.6. The summed E-state index contributed by atoms with van der Waals surface area (Å²) in [7, 11) is 0. The number of pyridine rings is 1. The molecule has 0 saturated carbocycles. The predicted molar refractivity (Wildman–Crippen MR) is 144 cm³/mol. The van der Waals surface area contributed by atoms with E-state index in [-0.39, 0.29) is 24.4 Å². The van der Waals surface area contributed by atoms with Crippen LogP contribution in [0.2, 0.25) is 5.02 Å². The number of aromatic nitrogens is 1. The molecule has 0 bridgehead atoms. The van der Waals surface area contributed by atoms with Crippen molar-refractivity contribution in [3.8, 4) is 5.75 Å². The maximum absolute atomic E-state index is 13.3. The first kappa shape index (κ1) is 27.8. The largest absolute Gasteiger partial charge is 0.505 e. The monoisotopic (exact) mass is 525 g/mol. The summed E-state index contributed by atoms with van der Waals surface area (Å²) in [4.78, 5) is 37.7. The number of nitrogens with one attached hydrogen (secondary N) is 2. The summed E-state index contributed by atoms with van der Waals surface area (Å²) in [5, 5.41) is 25.9. The Morgan fingerprint density at radius 1 is 1.05 bits per heavy atom. The molecule has 0 aliphatic rings. The van der Waals surface area contributed by atoms with E-state index in [0.29, 0.717) is 28.1 Å². The molecule has 9 heteroatoms. The molecular formula is C28H32ClN3O5. The molecule has 1 atom stereocenters. The minimum Gasteiger partial charge on any atom is -0.505 e. The molecule has 196 valence electrons. The van der Waals surface area contributed by atoms with E-state index >= 15 is 0 Å². The summed E-state index contributed by atoms with van der Waals surface area (Å²) in [6.45, 7) is 4.12. The second-order valence-corrected chi connectivity index (χ2v) is 9.43. The number of halogens is 1. The number of amides is 2. The fourth-order valence-electron chi connectivity index (χ4n) is 4.04. The molecule has 0 radical (unpaired) electrons. The van der Waals surface area contributed by atoms with E-state index < -0.39 is 23.6 Å². The van der Waals surface area contributed by atoms with Gasteiger partial charge in [0.2, 0.25) is 0 Å². The fourth-order valence-corrected chi connectivity index (χ4v) is 4.23. The molecule has 0 fully saturated rings. The number of carboxylic acid groups (broad SMARTS) is 1. The number of carbonyl (C=O) groups excluding carboxylic acids is 1. The Balaban J connectivity index is 1.92. The van der Waals surface area contributed by atoms with Gasteiger partial charge in [-0.15, -0.1) is 0 Å². The third-order valence-corrected chi connectivity index (χ3v) is 6.45. The number of carboxylic acids is 1. The average Bonchev–Trinajstić information content (AvgIpc) is 2.85. The molecule has 0 saturated heterocycles. The molecule has 0 aliphatic heterocycles. The number of aryl methyl sites for hydroxylation is 2. The number of rotatable bonds is 11. The topological polar surface area (TPSA) is 121 Å². The SMILES string of the molecule is CCCCCc1cn(Cc2ccccc2Cl)c(=O)c(NC(=O)N[C@@H](CC(=O)O)c2ccc(C)cc2)c1O. The molecule has 1 aromatic heterocycles. The van der Waals surface area contributed by atoms with Gasteiger partial charge >= 0.3 is 12.0 Å². The van der Waals surface area contributed by atoms with Crippen molar-refractivity contribution in [2.45, 2.75) is 58.5 Å². The van der Waals surface area contributed by atoms with E-state index in [1.54, 1.807) is 36.5 Å². The number of aromatic hydroxyl groups is 1. The Morgan fingerprint density at radius 3 is 2.41 bits per heavy atom. The highest BCUT2D eigenvalue weighted by atomic mass is 35.5. The van der Waals surface area contributed by atoms with Gasteiger partial charge in [0.15, 0.2) is 5.69 Å². The van der Waals surface area contributed by atoms with Crippen molar-refractivity contribution in [1.29, 1.82) is 0 Å². The lowest BCUT2D eigenvalue weighted by atomic mass is 10.0. The van der Waals surface area contributed by atoms with E-state index in [4.69, 9.17) is 11.6 Å². The highest BCUT2D eigenvalue weighted by Crippen LogP contribution is 2.27. The molecular weight excluding hydrogens is 494 g/mol. The fraction of sp³-hybridized carbons (Fsp3) is 0.321. The minimum absolute atomic E-state index is 0.154. The molecule has 8 nitrogen and oxygen atoms in total. The highest BCUT2D eigenvalue weighted by molar-refractivity contribution is 6.31. The van der Waals surface area contributed by atoms with Crippen LogP contribution < -0.4 is 16.2 Å². The lowest BCUT2D eigenvalue weighted by Crippen LogP contribution is -2.36. The number of hydrogen-bond donors (Lipinski definition) is 4. The van der Waals surface area contributed by atoms with Crippen LogP contribution >= 0.6 is 11.6 Å². The second kappa shape index (κ2) is 13.0. The van der Waals surface area contributed by atoms with Crippen molar-refractivity contribution in [2.75, 3.05) is 5.32 Å². The summed E-state index contributed by atoms with van der Waals surface area (Å²) >= 11 is 6.30. The number of aliphatic carboxylic acids is 1. The van der Waals surface area contributed by atoms with Gasteiger partial charge in [0, 0.05) is 16.8 Å². The Labute approximate surface area is 220 Å². The van der Waals surface area contributed by atoms with Crippen LogP contribution in [-0.4, -0.2) is 26.8 Å². The standard InChI is InChI=1S/C28H32ClN3O5/c1-3-4-5-9-21-17-32(16-20-8-6-7-10-22(20)29)27(36)25(26(21)35)31-28(37)30-23(15-24(33)34)19-13-11-18(2)12-14-19/h6-8,10-14,17,23,35H,3-5,9,15-16H2,1-2H3,(H,33,34)(H2,30,31,37)/t23-/m0/s1. The maximum Gasteiger partial charge on any atom is 0.319 e. The van der Waals surface area contributed by atoms with E-state index in [9.17, 15) is 24.6 Å². The first-order valence-electron chi connectivity index (χ1n) is 12.2. The first-order valence-corrected chi connectivity index (χ1v) is 12.6. The predicted octanol–water partition coefficient (Wildman–Crippen LogP) is 5.63. The summed E-state index contributed by atoms with van der Waals surface area (Å²) in [5.41, 5.74) is 1.97. The third kappa shape index (κ3) is 7.60. The van der Waals surface area contributed by atoms with Gasteiger partial charge in [-0.25, -0.2) is 4.79 Å². The highest BCUT2D eigenvalue weighted by Gasteiger charge is 2.22. The van der Waals surface area contributed by atoms with Gasteiger partial charge in [0.1, 0.15) is 5.75 Å². The van der Waals surface area contributed by atoms with Gasteiger partial charge in [-0.05, 0) is 37.0 Å². The summed E-state index contributed by atoms with van der Waals surface area (Å²) in [5.74, 6) is -1.38.